The Bertz CT molecular complexity index is 434. The second-order valence-corrected chi connectivity index (χ2v) is 3.38. The number of aromatic amines is 1. The predicted octanol–water partition coefficient (Wildman–Crippen LogP) is 3.18. The maximum Gasteiger partial charge on any atom is 0.140 e. The highest BCUT2D eigenvalue weighted by Gasteiger charge is 2.06. The monoisotopic (exact) mass is 200 g/mol. The van der Waals surface area contributed by atoms with E-state index in [0.29, 0.717) is 10.3 Å². The lowest BCUT2D eigenvalue weighted by atomic mass is 10.2. The molecular formula is C8H6Cl2N2. The van der Waals surface area contributed by atoms with Crippen LogP contribution in [0.3, 0.4) is 0 Å². The number of aromatic nitrogens is 2. The lowest BCUT2D eigenvalue weighted by Crippen LogP contribution is -1.79. The number of rotatable bonds is 0. The summed E-state index contributed by atoms with van der Waals surface area (Å²) in [4.78, 5) is 7.01. The van der Waals surface area contributed by atoms with Crippen LogP contribution in [-0.4, -0.2) is 9.97 Å². The molecule has 0 saturated heterocycles. The molecule has 2 nitrogen and oxygen atoms in total. The number of hydrogen-bond acceptors (Lipinski definition) is 1. The minimum Gasteiger partial charge on any atom is -0.361 e. The smallest absolute Gasteiger partial charge is 0.140 e. The zero-order valence-electron chi connectivity index (χ0n) is 6.36. The molecule has 2 heterocycles. The zero-order valence-corrected chi connectivity index (χ0v) is 7.87. The van der Waals surface area contributed by atoms with E-state index in [1.54, 1.807) is 6.07 Å². The molecule has 2 rings (SSSR count). The molecule has 0 spiro atoms. The number of H-pyrrole nitrogens is 1. The molecule has 0 amide bonds. The van der Waals surface area contributed by atoms with Gasteiger partial charge in [-0.25, -0.2) is 4.98 Å². The Morgan fingerprint density at radius 1 is 1.42 bits per heavy atom. The third-order valence-electron chi connectivity index (χ3n) is 1.78. The quantitative estimate of drug-likeness (QED) is 0.651. The first-order valence-electron chi connectivity index (χ1n) is 3.48. The van der Waals surface area contributed by atoms with E-state index in [1.807, 2.05) is 13.1 Å². The first-order chi connectivity index (χ1) is 5.68. The van der Waals surface area contributed by atoms with Crippen LogP contribution in [0.1, 0.15) is 5.56 Å². The molecule has 62 valence electrons. The van der Waals surface area contributed by atoms with Gasteiger partial charge in [0.05, 0.1) is 5.52 Å². The topological polar surface area (TPSA) is 28.7 Å². The van der Waals surface area contributed by atoms with E-state index in [4.69, 9.17) is 23.2 Å². The molecule has 0 aliphatic rings. The first-order valence-corrected chi connectivity index (χ1v) is 4.24. The van der Waals surface area contributed by atoms with Crippen molar-refractivity contribution in [2.75, 3.05) is 0 Å². The summed E-state index contributed by atoms with van der Waals surface area (Å²) >= 11 is 11.6. The van der Waals surface area contributed by atoms with E-state index in [0.717, 1.165) is 16.5 Å². The fourth-order valence-electron chi connectivity index (χ4n) is 1.23. The van der Waals surface area contributed by atoms with Crippen LogP contribution in [0.2, 0.25) is 10.3 Å². The van der Waals surface area contributed by atoms with Gasteiger partial charge in [0.1, 0.15) is 10.3 Å². The number of nitrogens with one attached hydrogen (secondary N) is 1. The van der Waals surface area contributed by atoms with Crippen molar-refractivity contribution in [2.24, 2.45) is 0 Å². The van der Waals surface area contributed by atoms with Crippen molar-refractivity contribution in [1.29, 1.82) is 0 Å². The Kier molecular flexibility index (Phi) is 1.74. The van der Waals surface area contributed by atoms with Gasteiger partial charge in [-0.3, -0.25) is 0 Å². The van der Waals surface area contributed by atoms with Crippen LogP contribution in [-0.2, 0) is 0 Å². The first kappa shape index (κ1) is 7.90. The maximum absolute atomic E-state index is 5.89. The summed E-state index contributed by atoms with van der Waals surface area (Å²) in [6, 6.07) is 1.76. The molecule has 0 saturated carbocycles. The van der Waals surface area contributed by atoms with Gasteiger partial charge in [0.2, 0.25) is 0 Å². The van der Waals surface area contributed by atoms with Crippen molar-refractivity contribution in [1.82, 2.24) is 9.97 Å². The molecule has 4 heteroatoms. The van der Waals surface area contributed by atoms with Gasteiger partial charge in [0.15, 0.2) is 0 Å². The molecular weight excluding hydrogens is 195 g/mol. The van der Waals surface area contributed by atoms with Crippen LogP contribution in [0.25, 0.3) is 10.9 Å². The van der Waals surface area contributed by atoms with E-state index in [-0.39, 0.29) is 0 Å². The largest absolute Gasteiger partial charge is 0.361 e. The minimum atomic E-state index is 0.411. The highest BCUT2D eigenvalue weighted by atomic mass is 35.5. The van der Waals surface area contributed by atoms with Gasteiger partial charge in [-0.2, -0.15) is 0 Å². The number of aryl methyl sites for hydroxylation is 1. The van der Waals surface area contributed by atoms with Crippen molar-refractivity contribution < 1.29 is 0 Å². The zero-order chi connectivity index (χ0) is 8.72. The normalized spacial score (nSPS) is 10.9. The molecule has 0 unspecified atom stereocenters. The van der Waals surface area contributed by atoms with Crippen molar-refractivity contribution in [3.05, 3.63) is 28.1 Å². The summed E-state index contributed by atoms with van der Waals surface area (Å²) in [6.45, 7) is 1.97. The Labute approximate surface area is 79.5 Å². The van der Waals surface area contributed by atoms with E-state index in [2.05, 4.69) is 9.97 Å². The molecule has 0 aliphatic heterocycles. The van der Waals surface area contributed by atoms with Gasteiger partial charge in [-0.05, 0) is 18.6 Å². The van der Waals surface area contributed by atoms with Crippen LogP contribution in [0, 0.1) is 6.92 Å². The number of nitrogens with zero attached hydrogens (tertiary/aromatic N) is 1. The average molecular weight is 201 g/mol. The van der Waals surface area contributed by atoms with E-state index >= 15 is 0 Å². The van der Waals surface area contributed by atoms with E-state index < -0.39 is 0 Å². The molecule has 2 aromatic rings. The summed E-state index contributed by atoms with van der Waals surface area (Å²) in [6.07, 6.45) is 1.88. The fourth-order valence-corrected chi connectivity index (χ4v) is 1.81. The summed E-state index contributed by atoms with van der Waals surface area (Å²) in [7, 11) is 0. The molecule has 0 radical (unpaired) electrons. The Morgan fingerprint density at radius 2 is 2.17 bits per heavy atom. The van der Waals surface area contributed by atoms with Crippen molar-refractivity contribution in [3.63, 3.8) is 0 Å². The van der Waals surface area contributed by atoms with Crippen LogP contribution in [0.4, 0.5) is 0 Å². The molecule has 0 aliphatic carbocycles. The van der Waals surface area contributed by atoms with Crippen molar-refractivity contribution in [3.8, 4) is 0 Å². The predicted molar refractivity (Wildman–Crippen MR) is 50.9 cm³/mol. The Morgan fingerprint density at radius 3 is 2.92 bits per heavy atom. The molecule has 0 bridgehead atoms. The van der Waals surface area contributed by atoms with Crippen LogP contribution < -0.4 is 0 Å². The number of pyridine rings is 1. The van der Waals surface area contributed by atoms with Crippen LogP contribution in [0.15, 0.2) is 12.3 Å². The lowest BCUT2D eigenvalue weighted by molar-refractivity contribution is 1.35. The van der Waals surface area contributed by atoms with Gasteiger partial charge < -0.3 is 4.98 Å². The molecule has 0 atom stereocenters. The van der Waals surface area contributed by atoms with E-state index in [9.17, 15) is 0 Å². The number of fused-ring (bicyclic) bond motifs is 1. The minimum absolute atomic E-state index is 0.411. The summed E-state index contributed by atoms with van der Waals surface area (Å²) in [5.41, 5.74) is 2.01. The third-order valence-corrected chi connectivity index (χ3v) is 2.25. The van der Waals surface area contributed by atoms with Crippen LogP contribution >= 0.6 is 23.2 Å². The summed E-state index contributed by atoms with van der Waals surface area (Å²) in [5, 5.41) is 1.81. The second-order valence-electron chi connectivity index (χ2n) is 2.63. The summed E-state index contributed by atoms with van der Waals surface area (Å²) < 4.78 is 0. The van der Waals surface area contributed by atoms with Gasteiger partial charge in [0.25, 0.3) is 0 Å². The Hall–Kier alpha value is -0.730. The maximum atomic E-state index is 5.89. The standard InChI is InChI=1S/C8H6Cl2N2/c1-4-3-11-5-2-6(9)12-8(10)7(4)5/h2-3,11H,1H3. The van der Waals surface area contributed by atoms with Crippen molar-refractivity contribution in [2.45, 2.75) is 6.92 Å². The van der Waals surface area contributed by atoms with Gasteiger partial charge in [0, 0.05) is 11.6 Å². The number of hydrogen-bond donors (Lipinski definition) is 1. The highest BCUT2D eigenvalue weighted by molar-refractivity contribution is 6.36. The average Bonchev–Trinajstić information content (AvgIpc) is 2.31. The Balaban J connectivity index is 2.93. The van der Waals surface area contributed by atoms with Crippen molar-refractivity contribution >= 4 is 34.1 Å². The number of halogens is 2. The summed E-state index contributed by atoms with van der Waals surface area (Å²) in [5.74, 6) is 0. The molecule has 0 fully saturated rings. The van der Waals surface area contributed by atoms with Gasteiger partial charge in [-0.1, -0.05) is 23.2 Å². The highest BCUT2D eigenvalue weighted by Crippen LogP contribution is 2.26. The molecule has 2 aromatic heterocycles. The molecule has 1 N–H and O–H groups in total. The van der Waals surface area contributed by atoms with E-state index in [1.165, 1.54) is 0 Å². The SMILES string of the molecule is Cc1c[nH]c2cc(Cl)nc(Cl)c12. The lowest BCUT2D eigenvalue weighted by Gasteiger charge is -1.95. The van der Waals surface area contributed by atoms with Gasteiger partial charge in [-0.15, -0.1) is 0 Å². The van der Waals surface area contributed by atoms with Gasteiger partial charge >= 0.3 is 0 Å². The van der Waals surface area contributed by atoms with Crippen LogP contribution in [0.5, 0.6) is 0 Å². The molecule has 12 heavy (non-hydrogen) atoms. The second kappa shape index (κ2) is 2.64. The fraction of sp³-hybridized carbons (Fsp3) is 0.125. The third kappa shape index (κ3) is 1.08. The molecule has 0 aromatic carbocycles.